The first kappa shape index (κ1) is 28.9. The minimum atomic E-state index is -2.48. The molecule has 0 aromatic carbocycles. The summed E-state index contributed by atoms with van der Waals surface area (Å²) in [4.78, 5) is 0. The molecule has 0 rings (SSSR count). The van der Waals surface area contributed by atoms with Crippen LogP contribution < -0.4 is 0 Å². The lowest BCUT2D eigenvalue weighted by molar-refractivity contribution is 0.0812. The Kier molecular flexibility index (Phi) is 19.2. The van der Waals surface area contributed by atoms with Crippen LogP contribution in [0.3, 0.4) is 0 Å². The van der Waals surface area contributed by atoms with E-state index in [-0.39, 0.29) is 0 Å². The third-order valence-corrected chi connectivity index (χ3v) is 12.4. The molecule has 0 N–H and O–H groups in total. The Bertz CT molecular complexity index is 328. The molecule has 0 bridgehead atoms. The normalized spacial score (nSPS) is 16.1. The van der Waals surface area contributed by atoms with Crippen LogP contribution in [0.2, 0.25) is 12.1 Å². The predicted molar refractivity (Wildman–Crippen MR) is 125 cm³/mol. The summed E-state index contributed by atoms with van der Waals surface area (Å²) in [5, 5.41) is 0. The summed E-state index contributed by atoms with van der Waals surface area (Å²) in [6.45, 7) is 10.9. The van der Waals surface area contributed by atoms with Crippen molar-refractivity contribution >= 4 is 39.2 Å². The van der Waals surface area contributed by atoms with Gasteiger partial charge in [0.15, 0.2) is 0 Å². The Labute approximate surface area is 183 Å². The van der Waals surface area contributed by atoms with E-state index in [1.165, 1.54) is 0 Å². The highest BCUT2D eigenvalue weighted by atomic mass is 33.1. The van der Waals surface area contributed by atoms with Crippen LogP contribution in [-0.4, -0.2) is 69.8 Å². The molecule has 0 fully saturated rings. The molecule has 2 unspecified atom stereocenters. The summed E-state index contributed by atoms with van der Waals surface area (Å²) in [5.74, 6) is 2.13. The molecule has 170 valence electrons. The first-order chi connectivity index (χ1) is 13.6. The van der Waals surface area contributed by atoms with Gasteiger partial charge in [-0.25, -0.2) is 0 Å². The van der Waals surface area contributed by atoms with Crippen molar-refractivity contribution in [2.24, 2.45) is 0 Å². The van der Waals surface area contributed by atoms with E-state index in [9.17, 15) is 0 Å². The van der Waals surface area contributed by atoms with Crippen LogP contribution in [-0.2, 0) is 26.6 Å². The fourth-order valence-electron chi connectivity index (χ4n) is 2.58. The Morgan fingerprint density at radius 3 is 1.29 bits per heavy atom. The van der Waals surface area contributed by atoms with Crippen molar-refractivity contribution < 1.29 is 26.6 Å². The van der Waals surface area contributed by atoms with E-state index in [2.05, 4.69) is 13.8 Å². The SMILES string of the molecule is CCCO[Si](CCCSSCCC[Si](OC)(OCC)OCCC)(OC)OCC. The lowest BCUT2D eigenvalue weighted by atomic mass is 10.5. The van der Waals surface area contributed by atoms with Gasteiger partial charge < -0.3 is 26.6 Å². The largest absolute Gasteiger partial charge is 0.500 e. The molecule has 0 amide bonds. The predicted octanol–water partition coefficient (Wildman–Crippen LogP) is 5.24. The fraction of sp³-hybridized carbons (Fsp3) is 1.00. The molecule has 0 aromatic heterocycles. The molecule has 0 saturated carbocycles. The molecular formula is C18H42O6S2Si2. The Balaban J connectivity index is 4.08. The van der Waals surface area contributed by atoms with Crippen LogP contribution in [0.15, 0.2) is 0 Å². The Morgan fingerprint density at radius 1 is 0.607 bits per heavy atom. The third kappa shape index (κ3) is 12.6. The van der Waals surface area contributed by atoms with Crippen LogP contribution in [0.1, 0.15) is 53.4 Å². The van der Waals surface area contributed by atoms with Gasteiger partial charge in [0.1, 0.15) is 0 Å². The first-order valence-electron chi connectivity index (χ1n) is 10.5. The highest BCUT2D eigenvalue weighted by Crippen LogP contribution is 2.28. The number of hydrogen-bond donors (Lipinski definition) is 0. The molecule has 0 aromatic rings. The van der Waals surface area contributed by atoms with Crippen LogP contribution in [0.4, 0.5) is 0 Å². The molecule has 0 aliphatic heterocycles. The van der Waals surface area contributed by atoms with E-state index < -0.39 is 17.6 Å². The average molecular weight is 475 g/mol. The van der Waals surface area contributed by atoms with Gasteiger partial charge in [0.25, 0.3) is 0 Å². The molecule has 10 heteroatoms. The molecule has 6 nitrogen and oxygen atoms in total. The summed E-state index contributed by atoms with van der Waals surface area (Å²) in [6.07, 6.45) is 4.03. The van der Waals surface area contributed by atoms with E-state index in [0.29, 0.717) is 26.4 Å². The fourth-order valence-corrected chi connectivity index (χ4v) is 10.0. The minimum Gasteiger partial charge on any atom is -0.377 e. The van der Waals surface area contributed by atoms with E-state index in [1.807, 2.05) is 35.4 Å². The van der Waals surface area contributed by atoms with Gasteiger partial charge in [-0.15, -0.1) is 0 Å². The minimum absolute atomic E-state index is 0.636. The lowest BCUT2D eigenvalue weighted by Crippen LogP contribution is -2.45. The topological polar surface area (TPSA) is 55.4 Å². The van der Waals surface area contributed by atoms with Crippen molar-refractivity contribution in [3.05, 3.63) is 0 Å². The van der Waals surface area contributed by atoms with E-state index >= 15 is 0 Å². The molecule has 0 radical (unpaired) electrons. The van der Waals surface area contributed by atoms with Crippen molar-refractivity contribution in [2.75, 3.05) is 52.2 Å². The summed E-state index contributed by atoms with van der Waals surface area (Å²) >= 11 is 0. The molecule has 0 aliphatic carbocycles. The van der Waals surface area contributed by atoms with Crippen molar-refractivity contribution in [2.45, 2.75) is 65.5 Å². The van der Waals surface area contributed by atoms with Crippen LogP contribution in [0.5, 0.6) is 0 Å². The van der Waals surface area contributed by atoms with Gasteiger partial charge in [-0.3, -0.25) is 0 Å². The zero-order valence-corrected chi connectivity index (χ0v) is 22.4. The smallest absolute Gasteiger partial charge is 0.377 e. The van der Waals surface area contributed by atoms with E-state index in [0.717, 1.165) is 49.3 Å². The van der Waals surface area contributed by atoms with Crippen LogP contribution >= 0.6 is 21.6 Å². The van der Waals surface area contributed by atoms with Gasteiger partial charge in [0.05, 0.1) is 0 Å². The Hall–Kier alpha value is 0.894. The maximum absolute atomic E-state index is 5.96. The van der Waals surface area contributed by atoms with Gasteiger partial charge in [0, 0.05) is 64.2 Å². The van der Waals surface area contributed by atoms with E-state index in [4.69, 9.17) is 26.6 Å². The van der Waals surface area contributed by atoms with Crippen LogP contribution in [0, 0.1) is 0 Å². The molecular weight excluding hydrogens is 432 g/mol. The van der Waals surface area contributed by atoms with Gasteiger partial charge in [-0.05, 0) is 39.5 Å². The standard InChI is InChI=1S/C18H42O6S2Si2/c1-7-13-23-27(19-5,21-9-3)17-11-15-25-26-16-12-18-28(20-6,22-10-4)24-14-8-2/h7-18H2,1-6H3. The molecule has 0 saturated heterocycles. The van der Waals surface area contributed by atoms with Crippen molar-refractivity contribution in [1.29, 1.82) is 0 Å². The lowest BCUT2D eigenvalue weighted by Gasteiger charge is -2.27. The highest BCUT2D eigenvalue weighted by Gasteiger charge is 2.39. The van der Waals surface area contributed by atoms with Crippen molar-refractivity contribution in [3.63, 3.8) is 0 Å². The van der Waals surface area contributed by atoms with Gasteiger partial charge in [-0.2, -0.15) is 0 Å². The van der Waals surface area contributed by atoms with E-state index in [1.54, 1.807) is 14.2 Å². The van der Waals surface area contributed by atoms with Crippen molar-refractivity contribution in [3.8, 4) is 0 Å². The first-order valence-corrected chi connectivity index (χ1v) is 16.8. The average Bonchev–Trinajstić information content (AvgIpc) is 2.72. The number of hydrogen-bond acceptors (Lipinski definition) is 8. The summed E-state index contributed by atoms with van der Waals surface area (Å²) in [7, 11) is 2.26. The second kappa shape index (κ2) is 18.6. The van der Waals surface area contributed by atoms with Gasteiger partial charge >= 0.3 is 17.6 Å². The maximum atomic E-state index is 5.96. The summed E-state index contributed by atoms with van der Waals surface area (Å²) in [6, 6.07) is 1.75. The number of rotatable bonds is 21. The zero-order valence-electron chi connectivity index (χ0n) is 18.8. The molecule has 0 spiro atoms. The van der Waals surface area contributed by atoms with Gasteiger partial charge in [0.2, 0.25) is 0 Å². The maximum Gasteiger partial charge on any atom is 0.500 e. The summed E-state index contributed by atoms with van der Waals surface area (Å²) < 4.78 is 35.0. The molecule has 28 heavy (non-hydrogen) atoms. The van der Waals surface area contributed by atoms with Crippen LogP contribution in [0.25, 0.3) is 0 Å². The quantitative estimate of drug-likeness (QED) is 0.127. The second-order valence-electron chi connectivity index (χ2n) is 6.19. The molecule has 0 heterocycles. The molecule has 2 atom stereocenters. The second-order valence-corrected chi connectivity index (χ2v) is 14.6. The van der Waals surface area contributed by atoms with Gasteiger partial charge in [-0.1, -0.05) is 35.4 Å². The zero-order chi connectivity index (χ0) is 21.1. The monoisotopic (exact) mass is 474 g/mol. The summed E-state index contributed by atoms with van der Waals surface area (Å²) in [5.41, 5.74) is 0. The van der Waals surface area contributed by atoms with Crippen molar-refractivity contribution in [1.82, 2.24) is 0 Å². The third-order valence-electron chi connectivity index (χ3n) is 3.91. The Morgan fingerprint density at radius 2 is 1.00 bits per heavy atom. The highest BCUT2D eigenvalue weighted by molar-refractivity contribution is 8.76. The molecule has 0 aliphatic rings.